The first kappa shape index (κ1) is 19.6. The van der Waals surface area contributed by atoms with Crippen molar-refractivity contribution < 1.29 is 8.94 Å². The molecule has 152 valence electrons. The molecule has 1 saturated carbocycles. The third-order valence-corrected chi connectivity index (χ3v) is 5.43. The second-order valence-corrected chi connectivity index (χ2v) is 7.74. The van der Waals surface area contributed by atoms with Gasteiger partial charge < -0.3 is 14.7 Å². The van der Waals surface area contributed by atoms with E-state index in [1.165, 1.54) is 0 Å². The molecule has 8 nitrogen and oxygen atoms in total. The summed E-state index contributed by atoms with van der Waals surface area (Å²) in [6.45, 7) is 4.13. The van der Waals surface area contributed by atoms with Crippen LogP contribution in [-0.4, -0.2) is 24.9 Å². The summed E-state index contributed by atoms with van der Waals surface area (Å²) in [5.74, 6) is 1.67. The molecule has 4 heterocycles. The van der Waals surface area contributed by atoms with Crippen LogP contribution >= 0.6 is 12.4 Å². The highest BCUT2D eigenvalue weighted by molar-refractivity contribution is 5.92. The van der Waals surface area contributed by atoms with Crippen LogP contribution in [-0.2, 0) is 5.54 Å². The number of pyridine rings is 1. The molecule has 4 aromatic rings. The SMILES string of the molecule is CC(C)n1ncc2c(-c3nc(C4(N)CCCC4)no3)cc(-c3ccco3)nc21.Cl. The van der Waals surface area contributed by atoms with Gasteiger partial charge in [0.05, 0.1) is 28.9 Å². The lowest BCUT2D eigenvalue weighted by atomic mass is 9.98. The molecule has 1 aliphatic carbocycles. The van der Waals surface area contributed by atoms with Gasteiger partial charge in [0, 0.05) is 6.04 Å². The van der Waals surface area contributed by atoms with Crippen molar-refractivity contribution in [2.45, 2.75) is 51.1 Å². The fraction of sp³-hybridized carbons (Fsp3) is 0.400. The lowest BCUT2D eigenvalue weighted by Crippen LogP contribution is -2.34. The predicted octanol–water partition coefficient (Wildman–Crippen LogP) is 4.47. The van der Waals surface area contributed by atoms with Crippen LogP contribution in [0.1, 0.15) is 51.4 Å². The minimum atomic E-state index is -0.500. The van der Waals surface area contributed by atoms with Gasteiger partial charge >= 0.3 is 0 Å². The van der Waals surface area contributed by atoms with E-state index in [4.69, 9.17) is 19.7 Å². The van der Waals surface area contributed by atoms with Crippen molar-refractivity contribution in [1.29, 1.82) is 0 Å². The second kappa shape index (κ2) is 7.27. The average Bonchev–Trinajstić information content (AvgIpc) is 3.46. The van der Waals surface area contributed by atoms with Gasteiger partial charge in [-0.15, -0.1) is 12.4 Å². The number of aromatic nitrogens is 5. The first-order valence-corrected chi connectivity index (χ1v) is 9.61. The topological polar surface area (TPSA) is 109 Å². The van der Waals surface area contributed by atoms with Crippen LogP contribution < -0.4 is 5.73 Å². The minimum Gasteiger partial charge on any atom is -0.463 e. The Morgan fingerprint density at radius 2 is 2.00 bits per heavy atom. The zero-order chi connectivity index (χ0) is 19.3. The molecule has 2 N–H and O–H groups in total. The molecule has 0 amide bonds. The van der Waals surface area contributed by atoms with E-state index >= 15 is 0 Å². The van der Waals surface area contributed by atoms with Gasteiger partial charge in [0.1, 0.15) is 5.69 Å². The molecule has 1 aliphatic rings. The molecular formula is C20H23ClN6O2. The van der Waals surface area contributed by atoms with E-state index < -0.39 is 5.54 Å². The van der Waals surface area contributed by atoms with E-state index in [1.54, 1.807) is 12.5 Å². The molecule has 0 atom stereocenters. The van der Waals surface area contributed by atoms with Crippen molar-refractivity contribution in [3.8, 4) is 22.9 Å². The van der Waals surface area contributed by atoms with Crippen LogP contribution in [0.25, 0.3) is 33.9 Å². The molecule has 0 aliphatic heterocycles. The van der Waals surface area contributed by atoms with E-state index in [0.29, 0.717) is 23.2 Å². The van der Waals surface area contributed by atoms with Crippen molar-refractivity contribution in [2.75, 3.05) is 0 Å². The highest BCUT2D eigenvalue weighted by Crippen LogP contribution is 2.37. The minimum absolute atomic E-state index is 0. The highest BCUT2D eigenvalue weighted by Gasteiger charge is 2.36. The maximum Gasteiger partial charge on any atom is 0.258 e. The summed E-state index contributed by atoms with van der Waals surface area (Å²) in [5.41, 5.74) is 8.23. The van der Waals surface area contributed by atoms with Gasteiger partial charge in [0.15, 0.2) is 17.2 Å². The smallest absolute Gasteiger partial charge is 0.258 e. The van der Waals surface area contributed by atoms with Gasteiger partial charge in [0.2, 0.25) is 0 Å². The number of hydrogen-bond donors (Lipinski definition) is 1. The Kier molecular flexibility index (Phi) is 4.92. The van der Waals surface area contributed by atoms with E-state index in [2.05, 4.69) is 29.1 Å². The molecule has 1 fully saturated rings. The number of fused-ring (bicyclic) bond motifs is 1. The summed E-state index contributed by atoms with van der Waals surface area (Å²) < 4.78 is 13.1. The summed E-state index contributed by atoms with van der Waals surface area (Å²) in [6.07, 6.45) is 7.35. The number of nitrogens with zero attached hydrogens (tertiary/aromatic N) is 5. The average molecular weight is 415 g/mol. The fourth-order valence-corrected chi connectivity index (χ4v) is 3.89. The van der Waals surface area contributed by atoms with Gasteiger partial charge in [-0.05, 0) is 44.9 Å². The van der Waals surface area contributed by atoms with E-state index in [1.807, 2.05) is 22.9 Å². The van der Waals surface area contributed by atoms with Crippen molar-refractivity contribution in [2.24, 2.45) is 5.73 Å². The van der Waals surface area contributed by atoms with Gasteiger partial charge in [-0.1, -0.05) is 18.0 Å². The maximum atomic E-state index is 6.51. The van der Waals surface area contributed by atoms with Crippen LogP contribution in [0.15, 0.2) is 39.6 Å². The van der Waals surface area contributed by atoms with E-state index in [9.17, 15) is 0 Å². The Morgan fingerprint density at radius 3 is 2.69 bits per heavy atom. The molecule has 0 saturated heterocycles. The highest BCUT2D eigenvalue weighted by atomic mass is 35.5. The predicted molar refractivity (Wildman–Crippen MR) is 110 cm³/mol. The lowest BCUT2D eigenvalue weighted by Gasteiger charge is -2.17. The lowest BCUT2D eigenvalue weighted by molar-refractivity contribution is 0.373. The monoisotopic (exact) mass is 414 g/mol. The number of nitrogens with two attached hydrogens (primary N) is 1. The van der Waals surface area contributed by atoms with Gasteiger partial charge in [-0.25, -0.2) is 9.67 Å². The normalized spacial score (nSPS) is 15.9. The summed E-state index contributed by atoms with van der Waals surface area (Å²) >= 11 is 0. The summed E-state index contributed by atoms with van der Waals surface area (Å²) in [5, 5.41) is 9.57. The van der Waals surface area contributed by atoms with Crippen LogP contribution in [0, 0.1) is 0 Å². The Balaban J connectivity index is 0.00000205. The largest absolute Gasteiger partial charge is 0.463 e. The standard InChI is InChI=1S/C20H22N6O2.ClH/c1-12(2)26-17-14(11-22-26)13(10-15(23-17)16-6-5-9-27-16)18-24-19(25-28-18)20(21)7-3-4-8-20;/h5-6,9-12H,3-4,7-8,21H2,1-2H3;1H. The summed E-state index contributed by atoms with van der Waals surface area (Å²) in [6, 6.07) is 5.78. The number of rotatable bonds is 4. The number of halogens is 1. The molecule has 9 heteroatoms. The molecule has 29 heavy (non-hydrogen) atoms. The molecule has 0 bridgehead atoms. The third-order valence-electron chi connectivity index (χ3n) is 5.43. The van der Waals surface area contributed by atoms with Crippen molar-refractivity contribution in [1.82, 2.24) is 24.9 Å². The van der Waals surface area contributed by atoms with Gasteiger partial charge in [-0.2, -0.15) is 10.1 Å². The van der Waals surface area contributed by atoms with Crippen molar-refractivity contribution in [3.63, 3.8) is 0 Å². The van der Waals surface area contributed by atoms with Crippen LogP contribution in [0.5, 0.6) is 0 Å². The molecule has 0 radical (unpaired) electrons. The van der Waals surface area contributed by atoms with Crippen LogP contribution in [0.4, 0.5) is 0 Å². The third kappa shape index (κ3) is 3.22. The molecule has 5 rings (SSSR count). The van der Waals surface area contributed by atoms with Crippen LogP contribution in [0.3, 0.4) is 0 Å². The second-order valence-electron chi connectivity index (χ2n) is 7.74. The van der Waals surface area contributed by atoms with Gasteiger partial charge in [0.25, 0.3) is 5.89 Å². The number of furan rings is 1. The first-order valence-electron chi connectivity index (χ1n) is 9.61. The van der Waals surface area contributed by atoms with E-state index in [-0.39, 0.29) is 18.4 Å². The van der Waals surface area contributed by atoms with Crippen molar-refractivity contribution in [3.05, 3.63) is 36.5 Å². The molecule has 0 spiro atoms. The van der Waals surface area contributed by atoms with E-state index in [0.717, 1.165) is 42.3 Å². The summed E-state index contributed by atoms with van der Waals surface area (Å²) in [7, 11) is 0. The zero-order valence-corrected chi connectivity index (χ0v) is 17.1. The molecule has 0 unspecified atom stereocenters. The first-order chi connectivity index (χ1) is 13.5. The maximum absolute atomic E-state index is 6.51. The molecular weight excluding hydrogens is 392 g/mol. The fourth-order valence-electron chi connectivity index (χ4n) is 3.89. The Hall–Kier alpha value is -2.71. The quantitative estimate of drug-likeness (QED) is 0.524. The Labute approximate surface area is 173 Å². The molecule has 0 aromatic carbocycles. The molecule has 4 aromatic heterocycles. The zero-order valence-electron chi connectivity index (χ0n) is 16.3. The number of hydrogen-bond acceptors (Lipinski definition) is 7. The Bertz CT molecular complexity index is 1130. The van der Waals surface area contributed by atoms with Crippen LogP contribution in [0.2, 0.25) is 0 Å². The Morgan fingerprint density at radius 1 is 1.21 bits per heavy atom. The van der Waals surface area contributed by atoms with Crippen molar-refractivity contribution >= 4 is 23.4 Å². The van der Waals surface area contributed by atoms with Gasteiger partial charge in [-0.3, -0.25) is 0 Å². The summed E-state index contributed by atoms with van der Waals surface area (Å²) in [4.78, 5) is 9.44.